The minimum absolute atomic E-state index is 0.0153. The normalized spacial score (nSPS) is 24.1. The van der Waals surface area contributed by atoms with E-state index in [0.29, 0.717) is 28.1 Å². The summed E-state index contributed by atoms with van der Waals surface area (Å²) in [6, 6.07) is 5.03. The molecule has 1 aliphatic heterocycles. The zero-order chi connectivity index (χ0) is 12.6. The van der Waals surface area contributed by atoms with E-state index in [2.05, 4.69) is 13.8 Å². The Hall–Kier alpha value is -1.22. The first-order chi connectivity index (χ1) is 7.99. The third kappa shape index (κ3) is 2.39. The van der Waals surface area contributed by atoms with Crippen LogP contribution in [0.3, 0.4) is 0 Å². The van der Waals surface area contributed by atoms with Crippen molar-refractivity contribution in [3.05, 3.63) is 28.8 Å². The first-order valence-electron chi connectivity index (χ1n) is 5.83. The molecule has 0 spiro atoms. The zero-order valence-electron chi connectivity index (χ0n) is 10.1. The molecule has 2 unspecified atom stereocenters. The van der Waals surface area contributed by atoms with Crippen molar-refractivity contribution in [2.45, 2.75) is 13.8 Å². The molecule has 0 bridgehead atoms. The second kappa shape index (κ2) is 4.57. The molecule has 0 aliphatic carbocycles. The SMILES string of the molecule is CC1CN(C(=O)c2cc(N)ccc2Cl)CC1C. The number of benzene rings is 1. The molecule has 2 rings (SSSR count). The minimum atomic E-state index is -0.0153. The molecule has 1 aromatic rings. The number of carbonyl (C=O) groups is 1. The summed E-state index contributed by atoms with van der Waals surface area (Å²) >= 11 is 6.04. The number of carbonyl (C=O) groups excluding carboxylic acids is 1. The van der Waals surface area contributed by atoms with Gasteiger partial charge in [-0.2, -0.15) is 0 Å². The smallest absolute Gasteiger partial charge is 0.255 e. The van der Waals surface area contributed by atoms with E-state index in [-0.39, 0.29) is 5.91 Å². The van der Waals surface area contributed by atoms with E-state index in [1.807, 2.05) is 4.90 Å². The second-order valence-corrected chi connectivity index (χ2v) is 5.31. The van der Waals surface area contributed by atoms with E-state index in [0.717, 1.165) is 13.1 Å². The number of likely N-dealkylation sites (tertiary alicyclic amines) is 1. The van der Waals surface area contributed by atoms with Crippen molar-refractivity contribution in [3.8, 4) is 0 Å². The standard InChI is InChI=1S/C13H17ClN2O/c1-8-6-16(7-9(8)2)13(17)11-5-10(15)3-4-12(11)14/h3-5,8-9H,6-7,15H2,1-2H3. The van der Waals surface area contributed by atoms with Crippen molar-refractivity contribution in [2.24, 2.45) is 11.8 Å². The highest BCUT2D eigenvalue weighted by molar-refractivity contribution is 6.34. The maximum absolute atomic E-state index is 12.3. The molecule has 0 aromatic heterocycles. The van der Waals surface area contributed by atoms with E-state index in [1.54, 1.807) is 18.2 Å². The summed E-state index contributed by atoms with van der Waals surface area (Å²) in [5, 5.41) is 0.469. The monoisotopic (exact) mass is 252 g/mol. The van der Waals surface area contributed by atoms with Gasteiger partial charge in [0.2, 0.25) is 0 Å². The molecule has 4 heteroatoms. The van der Waals surface area contributed by atoms with Gasteiger partial charge in [0.05, 0.1) is 10.6 Å². The molecule has 1 heterocycles. The van der Waals surface area contributed by atoms with Gasteiger partial charge >= 0.3 is 0 Å². The van der Waals surface area contributed by atoms with Crippen LogP contribution in [0.25, 0.3) is 0 Å². The summed E-state index contributed by atoms with van der Waals surface area (Å²) in [4.78, 5) is 14.2. The van der Waals surface area contributed by atoms with Crippen LogP contribution in [0.5, 0.6) is 0 Å². The number of halogens is 1. The molecule has 1 fully saturated rings. The topological polar surface area (TPSA) is 46.3 Å². The van der Waals surface area contributed by atoms with Gasteiger partial charge in [-0.1, -0.05) is 25.4 Å². The van der Waals surface area contributed by atoms with E-state index < -0.39 is 0 Å². The van der Waals surface area contributed by atoms with Crippen LogP contribution in [-0.2, 0) is 0 Å². The molecule has 0 saturated carbocycles. The van der Waals surface area contributed by atoms with Crippen LogP contribution in [0.4, 0.5) is 5.69 Å². The average molecular weight is 253 g/mol. The Labute approximate surface area is 107 Å². The van der Waals surface area contributed by atoms with Crippen LogP contribution >= 0.6 is 11.6 Å². The lowest BCUT2D eigenvalue weighted by Gasteiger charge is -2.17. The van der Waals surface area contributed by atoms with Crippen LogP contribution in [0, 0.1) is 11.8 Å². The Morgan fingerprint density at radius 1 is 1.35 bits per heavy atom. The van der Waals surface area contributed by atoms with Crippen molar-refractivity contribution in [1.82, 2.24) is 4.90 Å². The van der Waals surface area contributed by atoms with E-state index >= 15 is 0 Å². The summed E-state index contributed by atoms with van der Waals surface area (Å²) < 4.78 is 0. The van der Waals surface area contributed by atoms with Gasteiger partial charge in [-0.05, 0) is 30.0 Å². The van der Waals surface area contributed by atoms with Crippen LogP contribution in [0.15, 0.2) is 18.2 Å². The Bertz CT molecular complexity index is 437. The largest absolute Gasteiger partial charge is 0.399 e. The van der Waals surface area contributed by atoms with Crippen molar-refractivity contribution in [2.75, 3.05) is 18.8 Å². The highest BCUT2D eigenvalue weighted by Gasteiger charge is 2.30. The Kier molecular flexibility index (Phi) is 3.29. The molecule has 92 valence electrons. The number of nitrogens with two attached hydrogens (primary N) is 1. The summed E-state index contributed by atoms with van der Waals surface area (Å²) in [5.74, 6) is 1.07. The van der Waals surface area contributed by atoms with Gasteiger partial charge in [0.25, 0.3) is 5.91 Å². The van der Waals surface area contributed by atoms with E-state index in [1.165, 1.54) is 0 Å². The number of nitrogens with zero attached hydrogens (tertiary/aromatic N) is 1. The average Bonchev–Trinajstić information content (AvgIpc) is 2.62. The van der Waals surface area contributed by atoms with Gasteiger partial charge in [-0.15, -0.1) is 0 Å². The lowest BCUT2D eigenvalue weighted by molar-refractivity contribution is 0.0785. The third-order valence-corrected chi connectivity index (χ3v) is 3.83. The zero-order valence-corrected chi connectivity index (χ0v) is 10.9. The maximum atomic E-state index is 12.3. The van der Waals surface area contributed by atoms with Crippen molar-refractivity contribution in [1.29, 1.82) is 0 Å². The minimum Gasteiger partial charge on any atom is -0.399 e. The maximum Gasteiger partial charge on any atom is 0.255 e. The number of hydrogen-bond acceptors (Lipinski definition) is 2. The predicted octanol–water partition coefficient (Wildman–Crippen LogP) is 2.65. The predicted molar refractivity (Wildman–Crippen MR) is 70.1 cm³/mol. The molecular formula is C13H17ClN2O. The molecule has 1 saturated heterocycles. The molecule has 17 heavy (non-hydrogen) atoms. The van der Waals surface area contributed by atoms with Crippen LogP contribution in [-0.4, -0.2) is 23.9 Å². The Morgan fingerprint density at radius 2 is 1.94 bits per heavy atom. The molecule has 2 atom stereocenters. The fourth-order valence-corrected chi connectivity index (χ4v) is 2.37. The van der Waals surface area contributed by atoms with Crippen molar-refractivity contribution >= 4 is 23.2 Å². The third-order valence-electron chi connectivity index (χ3n) is 3.50. The molecule has 1 aliphatic rings. The van der Waals surface area contributed by atoms with Gasteiger partial charge in [-0.25, -0.2) is 0 Å². The summed E-state index contributed by atoms with van der Waals surface area (Å²) in [6.45, 7) is 5.92. The van der Waals surface area contributed by atoms with Gasteiger partial charge in [0.15, 0.2) is 0 Å². The number of amides is 1. The lowest BCUT2D eigenvalue weighted by Crippen LogP contribution is -2.29. The molecule has 1 amide bonds. The molecule has 3 nitrogen and oxygen atoms in total. The molecule has 2 N–H and O–H groups in total. The Balaban J connectivity index is 2.23. The van der Waals surface area contributed by atoms with Gasteiger partial charge in [0.1, 0.15) is 0 Å². The highest BCUT2D eigenvalue weighted by atomic mass is 35.5. The van der Waals surface area contributed by atoms with E-state index in [4.69, 9.17) is 17.3 Å². The number of anilines is 1. The fourth-order valence-electron chi connectivity index (χ4n) is 2.17. The Morgan fingerprint density at radius 3 is 2.53 bits per heavy atom. The highest BCUT2D eigenvalue weighted by Crippen LogP contribution is 2.26. The quantitative estimate of drug-likeness (QED) is 0.781. The van der Waals surface area contributed by atoms with Crippen LogP contribution < -0.4 is 5.73 Å². The first kappa shape index (κ1) is 12.2. The summed E-state index contributed by atoms with van der Waals surface area (Å²) in [5.41, 5.74) is 6.76. The van der Waals surface area contributed by atoms with E-state index in [9.17, 15) is 4.79 Å². The molecule has 0 radical (unpaired) electrons. The number of rotatable bonds is 1. The van der Waals surface area contributed by atoms with Crippen molar-refractivity contribution < 1.29 is 4.79 Å². The number of hydrogen-bond donors (Lipinski definition) is 1. The van der Waals surface area contributed by atoms with Crippen LogP contribution in [0.1, 0.15) is 24.2 Å². The van der Waals surface area contributed by atoms with Crippen molar-refractivity contribution in [3.63, 3.8) is 0 Å². The fraction of sp³-hybridized carbons (Fsp3) is 0.462. The number of nitrogen functional groups attached to an aromatic ring is 1. The van der Waals surface area contributed by atoms with Crippen LogP contribution in [0.2, 0.25) is 5.02 Å². The van der Waals surface area contributed by atoms with Gasteiger partial charge in [-0.3, -0.25) is 4.79 Å². The lowest BCUT2D eigenvalue weighted by atomic mass is 10.0. The second-order valence-electron chi connectivity index (χ2n) is 4.90. The first-order valence-corrected chi connectivity index (χ1v) is 6.21. The van der Waals surface area contributed by atoms with Gasteiger partial charge < -0.3 is 10.6 Å². The molecular weight excluding hydrogens is 236 g/mol. The van der Waals surface area contributed by atoms with Gasteiger partial charge in [0, 0.05) is 18.8 Å². The summed E-state index contributed by atoms with van der Waals surface area (Å²) in [6.07, 6.45) is 0. The molecule has 1 aromatic carbocycles. The summed E-state index contributed by atoms with van der Waals surface area (Å²) in [7, 11) is 0.